The second-order valence-corrected chi connectivity index (χ2v) is 7.82. The van der Waals surface area contributed by atoms with Gasteiger partial charge in [0.25, 0.3) is 15.0 Å². The van der Waals surface area contributed by atoms with Gasteiger partial charge in [-0.25, -0.2) is 12.8 Å². The number of benzene rings is 2. The van der Waals surface area contributed by atoms with E-state index in [0.29, 0.717) is 5.56 Å². The van der Waals surface area contributed by atoms with Gasteiger partial charge in [0.15, 0.2) is 0 Å². The minimum absolute atomic E-state index is 0.139. The second kappa shape index (κ2) is 6.29. The van der Waals surface area contributed by atoms with E-state index >= 15 is 0 Å². The lowest BCUT2D eigenvalue weighted by molar-refractivity contribution is 0.102. The normalized spacial score (nSPS) is 11.2. The number of carbonyl (C=O) groups is 1. The van der Waals surface area contributed by atoms with Crippen molar-refractivity contribution in [3.8, 4) is 0 Å². The van der Waals surface area contributed by atoms with E-state index in [1.165, 1.54) is 6.07 Å². The van der Waals surface area contributed by atoms with Crippen LogP contribution in [-0.2, 0) is 9.05 Å². The van der Waals surface area contributed by atoms with Crippen molar-refractivity contribution in [2.45, 2.75) is 4.90 Å². The highest BCUT2D eigenvalue weighted by Gasteiger charge is 2.17. The van der Waals surface area contributed by atoms with Gasteiger partial charge in [0, 0.05) is 25.5 Å². The van der Waals surface area contributed by atoms with E-state index in [1.54, 1.807) is 24.3 Å². The molecule has 4 nitrogen and oxygen atoms in total. The van der Waals surface area contributed by atoms with Gasteiger partial charge in [0.05, 0.1) is 0 Å². The molecule has 0 unspecified atom stereocenters. The molecule has 1 amide bonds. The monoisotopic (exact) mass is 439 g/mol. The van der Waals surface area contributed by atoms with E-state index in [2.05, 4.69) is 27.9 Å². The minimum atomic E-state index is -4.15. The lowest BCUT2D eigenvalue weighted by Gasteiger charge is -2.07. The Balaban J connectivity index is 2.22. The predicted octanol–water partition coefficient (Wildman–Crippen LogP) is 3.61. The van der Waals surface area contributed by atoms with Gasteiger partial charge in [-0.15, -0.1) is 0 Å². The molecule has 0 fully saturated rings. The van der Waals surface area contributed by atoms with E-state index in [4.69, 9.17) is 10.7 Å². The second-order valence-electron chi connectivity index (χ2n) is 4.04. The Morgan fingerprint density at radius 1 is 1.14 bits per heavy atom. The molecule has 1 N–H and O–H groups in total. The predicted molar refractivity (Wildman–Crippen MR) is 86.6 cm³/mol. The van der Waals surface area contributed by atoms with Crippen molar-refractivity contribution in [3.05, 3.63) is 57.4 Å². The zero-order valence-electron chi connectivity index (χ0n) is 10.3. The first-order chi connectivity index (χ1) is 9.77. The maximum Gasteiger partial charge on any atom is 0.264 e. The molecule has 0 radical (unpaired) electrons. The highest BCUT2D eigenvalue weighted by atomic mass is 127. The molecule has 0 aliphatic carbocycles. The summed E-state index contributed by atoms with van der Waals surface area (Å²) in [5, 5.41) is 2.48. The standard InChI is InChI=1S/C13H8ClFINO3S/c14-21(19,20)12-6-5-10(7-11(12)15)17-13(18)8-1-3-9(16)4-2-8/h1-7H,(H,17,18). The number of carbonyl (C=O) groups excluding carboxylic acids is 1. The summed E-state index contributed by atoms with van der Waals surface area (Å²) >= 11 is 2.11. The van der Waals surface area contributed by atoms with Gasteiger partial charge in [-0.2, -0.15) is 0 Å². The Morgan fingerprint density at radius 3 is 2.29 bits per heavy atom. The van der Waals surface area contributed by atoms with E-state index < -0.39 is 25.7 Å². The van der Waals surface area contributed by atoms with Crippen LogP contribution in [0.5, 0.6) is 0 Å². The van der Waals surface area contributed by atoms with Crippen molar-refractivity contribution >= 4 is 53.9 Å². The van der Waals surface area contributed by atoms with Crippen LogP contribution < -0.4 is 5.32 Å². The van der Waals surface area contributed by atoms with Crippen LogP contribution in [0.2, 0.25) is 0 Å². The fourth-order valence-corrected chi connectivity index (χ4v) is 2.84. The zero-order valence-corrected chi connectivity index (χ0v) is 14.0. The van der Waals surface area contributed by atoms with Crippen LogP contribution in [0, 0.1) is 9.39 Å². The van der Waals surface area contributed by atoms with Gasteiger partial charge >= 0.3 is 0 Å². The average molecular weight is 440 g/mol. The van der Waals surface area contributed by atoms with Crippen LogP contribution in [0.1, 0.15) is 10.4 Å². The highest BCUT2D eigenvalue weighted by Crippen LogP contribution is 2.22. The summed E-state index contributed by atoms with van der Waals surface area (Å²) in [7, 11) is 0.925. The molecule has 2 rings (SSSR count). The first-order valence-electron chi connectivity index (χ1n) is 5.58. The minimum Gasteiger partial charge on any atom is -0.322 e. The number of rotatable bonds is 3. The molecule has 110 valence electrons. The summed E-state index contributed by atoms with van der Waals surface area (Å²) in [5.41, 5.74) is 0.546. The lowest BCUT2D eigenvalue weighted by Crippen LogP contribution is -2.12. The van der Waals surface area contributed by atoms with Crippen molar-refractivity contribution in [3.63, 3.8) is 0 Å². The Labute approximate surface area is 138 Å². The summed E-state index contributed by atoms with van der Waals surface area (Å²) in [5.74, 6) is -1.45. The molecule has 0 atom stereocenters. The Morgan fingerprint density at radius 2 is 1.76 bits per heavy atom. The largest absolute Gasteiger partial charge is 0.322 e. The van der Waals surface area contributed by atoms with Gasteiger partial charge in [0.1, 0.15) is 10.7 Å². The summed E-state index contributed by atoms with van der Waals surface area (Å²) in [6.45, 7) is 0. The van der Waals surface area contributed by atoms with Crippen molar-refractivity contribution in [2.24, 2.45) is 0 Å². The van der Waals surface area contributed by atoms with Crippen molar-refractivity contribution in [1.82, 2.24) is 0 Å². The quantitative estimate of drug-likeness (QED) is 0.587. The zero-order chi connectivity index (χ0) is 15.6. The summed E-state index contributed by atoms with van der Waals surface area (Å²) in [4.78, 5) is 11.3. The third-order valence-corrected chi connectivity index (χ3v) is 4.63. The van der Waals surface area contributed by atoms with E-state index in [-0.39, 0.29) is 5.69 Å². The van der Waals surface area contributed by atoms with Crippen LogP contribution in [0.3, 0.4) is 0 Å². The molecule has 0 aliphatic heterocycles. The van der Waals surface area contributed by atoms with Gasteiger partial charge in [-0.1, -0.05) is 0 Å². The molecular formula is C13H8ClFINO3S. The van der Waals surface area contributed by atoms with Gasteiger partial charge in [0.2, 0.25) is 0 Å². The number of halogens is 3. The molecule has 0 saturated heterocycles. The van der Waals surface area contributed by atoms with Crippen LogP contribution in [-0.4, -0.2) is 14.3 Å². The smallest absolute Gasteiger partial charge is 0.264 e. The molecule has 21 heavy (non-hydrogen) atoms. The SMILES string of the molecule is O=C(Nc1ccc(S(=O)(=O)Cl)c(F)c1)c1ccc(I)cc1. The summed E-state index contributed by atoms with van der Waals surface area (Å²) in [6.07, 6.45) is 0. The van der Waals surface area contributed by atoms with Crippen molar-refractivity contribution in [2.75, 3.05) is 5.32 Å². The number of anilines is 1. The first kappa shape index (κ1) is 16.2. The number of amides is 1. The fourth-order valence-electron chi connectivity index (χ4n) is 1.58. The first-order valence-corrected chi connectivity index (χ1v) is 8.97. The van der Waals surface area contributed by atoms with Gasteiger partial charge < -0.3 is 5.32 Å². The third-order valence-electron chi connectivity index (χ3n) is 2.56. The maximum absolute atomic E-state index is 13.6. The molecule has 0 spiro atoms. The molecule has 2 aromatic rings. The van der Waals surface area contributed by atoms with Crippen LogP contribution in [0.25, 0.3) is 0 Å². The van der Waals surface area contributed by atoms with Crippen LogP contribution in [0.4, 0.5) is 10.1 Å². The van der Waals surface area contributed by atoms with E-state index in [0.717, 1.165) is 15.7 Å². The average Bonchev–Trinajstić information content (AvgIpc) is 2.37. The summed E-state index contributed by atoms with van der Waals surface area (Å²) in [6, 6.07) is 9.96. The molecule has 0 heterocycles. The maximum atomic E-state index is 13.6. The topological polar surface area (TPSA) is 63.2 Å². The Hall–Kier alpha value is -1.19. The Bertz CT molecular complexity index is 794. The van der Waals surface area contributed by atoms with E-state index in [9.17, 15) is 17.6 Å². The van der Waals surface area contributed by atoms with Crippen LogP contribution in [0.15, 0.2) is 47.4 Å². The third kappa shape index (κ3) is 4.14. The fraction of sp³-hybridized carbons (Fsp3) is 0. The molecule has 0 aliphatic rings. The molecule has 2 aromatic carbocycles. The van der Waals surface area contributed by atoms with Crippen molar-refractivity contribution in [1.29, 1.82) is 0 Å². The molecule has 8 heteroatoms. The van der Waals surface area contributed by atoms with Gasteiger partial charge in [-0.3, -0.25) is 4.79 Å². The van der Waals surface area contributed by atoms with Crippen molar-refractivity contribution < 1.29 is 17.6 Å². The van der Waals surface area contributed by atoms with Crippen LogP contribution >= 0.6 is 33.3 Å². The van der Waals surface area contributed by atoms with E-state index in [1.807, 2.05) is 0 Å². The molecular weight excluding hydrogens is 432 g/mol. The molecule has 0 saturated carbocycles. The lowest BCUT2D eigenvalue weighted by atomic mass is 10.2. The Kier molecular flexibility index (Phi) is 4.84. The summed E-state index contributed by atoms with van der Waals surface area (Å²) < 4.78 is 36.8. The molecule has 0 aromatic heterocycles. The number of hydrogen-bond acceptors (Lipinski definition) is 3. The molecule has 0 bridgehead atoms. The number of hydrogen-bond donors (Lipinski definition) is 1. The number of nitrogens with one attached hydrogen (secondary N) is 1. The highest BCUT2D eigenvalue weighted by molar-refractivity contribution is 14.1. The van der Waals surface area contributed by atoms with Gasteiger partial charge in [-0.05, 0) is 65.1 Å².